The third-order valence-electron chi connectivity index (χ3n) is 5.09. The lowest BCUT2D eigenvalue weighted by molar-refractivity contribution is 0.625. The van der Waals surface area contributed by atoms with Gasteiger partial charge in [-0.15, -0.1) is 20.4 Å². The third-order valence-corrected chi connectivity index (χ3v) is 5.98. The highest BCUT2D eigenvalue weighted by Crippen LogP contribution is 2.46. The van der Waals surface area contributed by atoms with Crippen molar-refractivity contribution in [2.45, 2.75) is 47.8 Å². The first-order valence-electron chi connectivity index (χ1n) is 9.38. The summed E-state index contributed by atoms with van der Waals surface area (Å²) in [5.74, 6) is 1.71. The number of nitrogens with zero attached hydrogens (tertiary/aromatic N) is 7. The Morgan fingerprint density at radius 2 is 1.79 bits per heavy atom. The highest BCUT2D eigenvalue weighted by Gasteiger charge is 2.36. The largest absolute Gasteiger partial charge is 0.302 e. The summed E-state index contributed by atoms with van der Waals surface area (Å²) in [6, 6.07) is 10.8. The van der Waals surface area contributed by atoms with Crippen LogP contribution >= 0.6 is 11.8 Å². The van der Waals surface area contributed by atoms with Crippen molar-refractivity contribution in [2.75, 3.05) is 0 Å². The molecule has 0 radical (unpaired) electrons. The van der Waals surface area contributed by atoms with Crippen molar-refractivity contribution < 1.29 is 4.39 Å². The molecule has 0 bridgehead atoms. The summed E-state index contributed by atoms with van der Waals surface area (Å²) >= 11 is 1.48. The minimum atomic E-state index is -0.348. The van der Waals surface area contributed by atoms with Crippen LogP contribution in [0.25, 0.3) is 17.0 Å². The molecule has 2 aliphatic carbocycles. The summed E-state index contributed by atoms with van der Waals surface area (Å²) in [5.41, 5.74) is 0.951. The first-order chi connectivity index (χ1) is 13.8. The van der Waals surface area contributed by atoms with Crippen LogP contribution in [0.3, 0.4) is 0 Å². The maximum absolute atomic E-state index is 14.2. The molecule has 2 fully saturated rings. The van der Waals surface area contributed by atoms with Crippen LogP contribution < -0.4 is 0 Å². The summed E-state index contributed by atoms with van der Waals surface area (Å²) in [5, 5.41) is 23.4. The molecule has 3 heterocycles. The first-order valence-corrected chi connectivity index (χ1v) is 10.2. The Morgan fingerprint density at radius 1 is 0.929 bits per heavy atom. The minimum Gasteiger partial charge on any atom is -0.302 e. The second kappa shape index (κ2) is 6.10. The maximum Gasteiger partial charge on any atom is 0.197 e. The number of hydrogen-bond acceptors (Lipinski definition) is 6. The van der Waals surface area contributed by atoms with Crippen molar-refractivity contribution in [3.05, 3.63) is 48.0 Å². The van der Waals surface area contributed by atoms with Crippen LogP contribution in [0, 0.1) is 5.82 Å². The summed E-state index contributed by atoms with van der Waals surface area (Å²) in [6.45, 7) is 0. The lowest BCUT2D eigenvalue weighted by Crippen LogP contribution is -2.02. The number of halogens is 1. The van der Waals surface area contributed by atoms with E-state index in [1.807, 2.05) is 12.1 Å². The fourth-order valence-corrected chi connectivity index (χ4v) is 4.25. The molecule has 2 aliphatic rings. The molecule has 0 amide bonds. The highest BCUT2D eigenvalue weighted by atomic mass is 32.2. The van der Waals surface area contributed by atoms with Gasteiger partial charge in [0.2, 0.25) is 0 Å². The smallest absolute Gasteiger partial charge is 0.197 e. The zero-order chi connectivity index (χ0) is 18.7. The molecule has 140 valence electrons. The Bertz CT molecular complexity index is 1190. The molecule has 0 unspecified atom stereocenters. The van der Waals surface area contributed by atoms with E-state index in [1.165, 1.54) is 43.5 Å². The quantitative estimate of drug-likeness (QED) is 0.512. The highest BCUT2D eigenvalue weighted by molar-refractivity contribution is 7.99. The topological polar surface area (TPSA) is 73.8 Å². The maximum atomic E-state index is 14.2. The van der Waals surface area contributed by atoms with E-state index in [0.717, 1.165) is 16.0 Å². The molecule has 4 aromatic rings. The number of hydrogen-bond donors (Lipinski definition) is 0. The van der Waals surface area contributed by atoms with Gasteiger partial charge in [-0.05, 0) is 61.7 Å². The lowest BCUT2D eigenvalue weighted by Gasteiger charge is -2.08. The van der Waals surface area contributed by atoms with Gasteiger partial charge in [0, 0.05) is 12.0 Å². The second-order valence-electron chi connectivity index (χ2n) is 7.26. The van der Waals surface area contributed by atoms with E-state index in [9.17, 15) is 4.39 Å². The molecule has 0 atom stereocenters. The summed E-state index contributed by atoms with van der Waals surface area (Å²) in [7, 11) is 0. The second-order valence-corrected chi connectivity index (χ2v) is 8.25. The van der Waals surface area contributed by atoms with Gasteiger partial charge < -0.3 is 4.57 Å². The van der Waals surface area contributed by atoms with Gasteiger partial charge in [0.25, 0.3) is 0 Å². The van der Waals surface area contributed by atoms with Gasteiger partial charge in [-0.3, -0.25) is 0 Å². The average Bonchev–Trinajstić information content (AvgIpc) is 3.64. The first kappa shape index (κ1) is 16.2. The fraction of sp³-hybridized carbons (Fsp3) is 0.316. The molecule has 0 aliphatic heterocycles. The lowest BCUT2D eigenvalue weighted by atomic mass is 10.2. The molecule has 1 aromatic carbocycles. The van der Waals surface area contributed by atoms with Crippen molar-refractivity contribution in [3.63, 3.8) is 0 Å². The molecule has 6 rings (SSSR count). The zero-order valence-corrected chi connectivity index (χ0v) is 15.7. The summed E-state index contributed by atoms with van der Waals surface area (Å²) in [4.78, 5) is 0. The Hall–Kier alpha value is -2.81. The van der Waals surface area contributed by atoms with Crippen molar-refractivity contribution in [1.29, 1.82) is 0 Å². The Labute approximate surface area is 164 Å². The van der Waals surface area contributed by atoms with Crippen molar-refractivity contribution >= 4 is 17.4 Å². The zero-order valence-electron chi connectivity index (χ0n) is 14.9. The van der Waals surface area contributed by atoms with E-state index in [4.69, 9.17) is 0 Å². The van der Waals surface area contributed by atoms with Crippen LogP contribution in [-0.4, -0.2) is 34.6 Å². The predicted octanol–water partition coefficient (Wildman–Crippen LogP) is 3.89. The molecule has 2 saturated carbocycles. The Kier molecular flexibility index (Phi) is 3.52. The van der Waals surface area contributed by atoms with Gasteiger partial charge in [-0.1, -0.05) is 12.1 Å². The Morgan fingerprint density at radius 3 is 2.57 bits per heavy atom. The third kappa shape index (κ3) is 2.69. The van der Waals surface area contributed by atoms with Gasteiger partial charge in [-0.2, -0.15) is 9.61 Å². The van der Waals surface area contributed by atoms with Crippen LogP contribution in [0.1, 0.15) is 43.5 Å². The van der Waals surface area contributed by atoms with E-state index >= 15 is 0 Å². The molecule has 9 heteroatoms. The van der Waals surface area contributed by atoms with Gasteiger partial charge in [0.1, 0.15) is 16.7 Å². The normalized spacial score (nSPS) is 16.8. The molecule has 3 aromatic heterocycles. The van der Waals surface area contributed by atoms with E-state index < -0.39 is 0 Å². The monoisotopic (exact) mass is 393 g/mol. The van der Waals surface area contributed by atoms with Crippen LogP contribution in [0.2, 0.25) is 0 Å². The standard InChI is InChI=1S/C19H16FN7S/c20-14-4-2-1-3-13(14)18-23-21-15-9-10-16(25-27(15)18)28-19-24-22-17(11-5-6-11)26(19)12-7-8-12/h1-4,9-12H,5-8H2. The summed E-state index contributed by atoms with van der Waals surface area (Å²) < 4.78 is 18.1. The number of aromatic nitrogens is 7. The van der Waals surface area contributed by atoms with Crippen LogP contribution in [0.5, 0.6) is 0 Å². The van der Waals surface area contributed by atoms with Gasteiger partial charge in [0.15, 0.2) is 16.6 Å². The van der Waals surface area contributed by atoms with E-state index in [-0.39, 0.29) is 5.82 Å². The number of benzene rings is 1. The van der Waals surface area contributed by atoms with E-state index in [1.54, 1.807) is 22.7 Å². The van der Waals surface area contributed by atoms with Crippen molar-refractivity contribution in [2.24, 2.45) is 0 Å². The number of rotatable bonds is 5. The molecular weight excluding hydrogens is 377 g/mol. The SMILES string of the molecule is Fc1ccccc1-c1nnc2ccc(Sc3nnc(C4CC4)n3C3CC3)nn12. The molecule has 0 N–H and O–H groups in total. The fourth-order valence-electron chi connectivity index (χ4n) is 3.38. The number of fused-ring (bicyclic) bond motifs is 1. The van der Waals surface area contributed by atoms with Gasteiger partial charge in [-0.25, -0.2) is 4.39 Å². The molecule has 0 spiro atoms. The Balaban J connectivity index is 1.40. The molecule has 7 nitrogen and oxygen atoms in total. The van der Waals surface area contributed by atoms with Crippen LogP contribution in [-0.2, 0) is 0 Å². The summed E-state index contributed by atoms with van der Waals surface area (Å²) in [6.07, 6.45) is 4.76. The van der Waals surface area contributed by atoms with E-state index in [2.05, 4.69) is 30.1 Å². The van der Waals surface area contributed by atoms with Gasteiger partial charge >= 0.3 is 0 Å². The van der Waals surface area contributed by atoms with Crippen molar-refractivity contribution in [1.82, 2.24) is 34.6 Å². The van der Waals surface area contributed by atoms with Crippen molar-refractivity contribution in [3.8, 4) is 11.4 Å². The average molecular weight is 393 g/mol. The molecule has 0 saturated heterocycles. The van der Waals surface area contributed by atoms with Crippen LogP contribution in [0.4, 0.5) is 4.39 Å². The van der Waals surface area contributed by atoms with Crippen LogP contribution in [0.15, 0.2) is 46.6 Å². The molecular formula is C19H16FN7S. The molecule has 28 heavy (non-hydrogen) atoms. The minimum absolute atomic E-state index is 0.348. The predicted molar refractivity (Wildman–Crippen MR) is 101 cm³/mol. The van der Waals surface area contributed by atoms with Gasteiger partial charge in [0.05, 0.1) is 5.56 Å². The van der Waals surface area contributed by atoms with E-state index in [0.29, 0.717) is 29.0 Å².